The summed E-state index contributed by atoms with van der Waals surface area (Å²) in [6.45, 7) is 0.515. The van der Waals surface area contributed by atoms with Crippen LogP contribution in [0.2, 0.25) is 0 Å². The van der Waals surface area contributed by atoms with E-state index in [9.17, 15) is 9.59 Å². The highest BCUT2D eigenvalue weighted by Crippen LogP contribution is 2.28. The minimum Gasteiger partial charge on any atom is -0.478 e. The van der Waals surface area contributed by atoms with Crippen molar-refractivity contribution in [3.05, 3.63) is 29.3 Å². The van der Waals surface area contributed by atoms with Crippen LogP contribution in [0.4, 0.5) is 5.69 Å². The Hall–Kier alpha value is -2.28. The molecule has 0 radical (unpaired) electrons. The quantitative estimate of drug-likeness (QED) is 0.708. The fourth-order valence-corrected chi connectivity index (χ4v) is 1.82. The molecule has 80 valence electrons. The monoisotopic (exact) mass is 215 g/mol. The minimum absolute atomic E-state index is 0.230. The molecule has 0 aromatic heterocycles. The lowest BCUT2D eigenvalue weighted by atomic mass is 10.1. The number of fused-ring (bicyclic) bond motifs is 1. The van der Waals surface area contributed by atoms with Crippen LogP contribution in [0.15, 0.2) is 18.2 Å². The third kappa shape index (κ3) is 1.52. The Morgan fingerprint density at radius 1 is 1.44 bits per heavy atom. The zero-order chi connectivity index (χ0) is 11.7. The molecule has 0 fully saturated rings. The van der Waals surface area contributed by atoms with Gasteiger partial charge in [0.1, 0.15) is 0 Å². The Morgan fingerprint density at radius 2 is 2.19 bits per heavy atom. The molecule has 0 saturated heterocycles. The van der Waals surface area contributed by atoms with Gasteiger partial charge in [0, 0.05) is 12.2 Å². The summed E-state index contributed by atoms with van der Waals surface area (Å²) < 4.78 is 0. The Bertz CT molecular complexity index is 513. The van der Waals surface area contributed by atoms with Gasteiger partial charge in [-0.2, -0.15) is 0 Å². The summed E-state index contributed by atoms with van der Waals surface area (Å²) in [5, 5.41) is 8.82. The van der Waals surface area contributed by atoms with Crippen molar-refractivity contribution in [3.63, 3.8) is 0 Å². The third-order valence-electron chi connectivity index (χ3n) is 2.59. The summed E-state index contributed by atoms with van der Waals surface area (Å²) in [6.07, 6.45) is 5.69. The summed E-state index contributed by atoms with van der Waals surface area (Å²) in [5.41, 5.74) is 1.80. The number of carbonyl (C=O) groups excluding carboxylic acids is 1. The molecule has 1 aromatic carbocycles. The van der Waals surface area contributed by atoms with Gasteiger partial charge >= 0.3 is 11.9 Å². The number of hydrogen-bond donors (Lipinski definition) is 1. The molecule has 4 nitrogen and oxygen atoms in total. The van der Waals surface area contributed by atoms with E-state index in [1.54, 1.807) is 12.1 Å². The molecule has 1 aliphatic heterocycles. The fourth-order valence-electron chi connectivity index (χ4n) is 1.82. The second-order valence-corrected chi connectivity index (χ2v) is 3.50. The van der Waals surface area contributed by atoms with Crippen molar-refractivity contribution in [1.29, 1.82) is 0 Å². The molecular weight excluding hydrogens is 206 g/mol. The van der Waals surface area contributed by atoms with E-state index in [1.165, 1.54) is 11.0 Å². The number of aromatic carboxylic acids is 1. The van der Waals surface area contributed by atoms with E-state index in [1.807, 2.05) is 0 Å². The maximum atomic E-state index is 11.4. The van der Waals surface area contributed by atoms with Gasteiger partial charge in [-0.25, -0.2) is 4.79 Å². The van der Waals surface area contributed by atoms with Gasteiger partial charge in [0.05, 0.1) is 5.56 Å². The highest BCUT2D eigenvalue weighted by molar-refractivity contribution is 6.07. The zero-order valence-corrected chi connectivity index (χ0v) is 8.43. The number of nitrogens with zero attached hydrogens (tertiary/aromatic N) is 1. The van der Waals surface area contributed by atoms with Gasteiger partial charge in [-0.1, -0.05) is 0 Å². The molecular formula is C12H9NO3. The van der Waals surface area contributed by atoms with Crippen molar-refractivity contribution in [2.45, 2.75) is 6.42 Å². The molecule has 0 saturated carbocycles. The second-order valence-electron chi connectivity index (χ2n) is 3.50. The van der Waals surface area contributed by atoms with E-state index in [4.69, 9.17) is 11.5 Å². The van der Waals surface area contributed by atoms with Crippen molar-refractivity contribution in [2.24, 2.45) is 0 Å². The average molecular weight is 215 g/mol. The summed E-state index contributed by atoms with van der Waals surface area (Å²) in [6, 6.07) is 4.69. The van der Waals surface area contributed by atoms with Crippen LogP contribution in [-0.4, -0.2) is 23.5 Å². The zero-order valence-electron chi connectivity index (χ0n) is 8.43. The molecule has 1 N–H and O–H groups in total. The first-order chi connectivity index (χ1) is 7.63. The van der Waals surface area contributed by atoms with E-state index in [0.717, 1.165) is 5.56 Å². The van der Waals surface area contributed by atoms with Gasteiger partial charge in [0.25, 0.3) is 0 Å². The van der Waals surface area contributed by atoms with Gasteiger partial charge in [0.2, 0.25) is 0 Å². The van der Waals surface area contributed by atoms with Crippen molar-refractivity contribution in [3.8, 4) is 12.3 Å². The molecule has 16 heavy (non-hydrogen) atoms. The number of carboxylic acid groups (broad SMARTS) is 1. The normalized spacial score (nSPS) is 13.1. The van der Waals surface area contributed by atoms with Gasteiger partial charge in [-0.05, 0) is 36.1 Å². The first-order valence-electron chi connectivity index (χ1n) is 4.78. The van der Waals surface area contributed by atoms with Gasteiger partial charge < -0.3 is 10.0 Å². The number of hydrogen-bond acceptors (Lipinski definition) is 2. The largest absolute Gasteiger partial charge is 0.478 e. The average Bonchev–Trinajstić information content (AvgIpc) is 2.70. The highest BCUT2D eigenvalue weighted by Gasteiger charge is 2.24. The van der Waals surface area contributed by atoms with Crippen LogP contribution in [0, 0.1) is 12.3 Å². The molecule has 1 aliphatic rings. The highest BCUT2D eigenvalue weighted by atomic mass is 16.4. The molecule has 0 spiro atoms. The number of benzene rings is 1. The number of carboxylic acids is 1. The molecule has 1 aromatic rings. The number of terminal acetylenes is 1. The Kier molecular flexibility index (Phi) is 2.37. The van der Waals surface area contributed by atoms with Crippen LogP contribution < -0.4 is 4.90 Å². The number of rotatable bonds is 1. The second kappa shape index (κ2) is 3.70. The van der Waals surface area contributed by atoms with Gasteiger partial charge in [-0.3, -0.25) is 4.79 Å². The van der Waals surface area contributed by atoms with Crippen LogP contribution in [0.1, 0.15) is 15.9 Å². The van der Waals surface area contributed by atoms with E-state index in [-0.39, 0.29) is 11.5 Å². The van der Waals surface area contributed by atoms with E-state index >= 15 is 0 Å². The van der Waals surface area contributed by atoms with E-state index in [2.05, 4.69) is 5.92 Å². The lowest BCUT2D eigenvalue weighted by Crippen LogP contribution is -2.27. The molecule has 0 atom stereocenters. The van der Waals surface area contributed by atoms with Gasteiger partial charge in [0.15, 0.2) is 0 Å². The third-order valence-corrected chi connectivity index (χ3v) is 2.59. The van der Waals surface area contributed by atoms with Crippen molar-refractivity contribution in [2.75, 3.05) is 11.4 Å². The molecule has 1 amide bonds. The van der Waals surface area contributed by atoms with E-state index in [0.29, 0.717) is 18.7 Å². The SMILES string of the molecule is C#CC(=O)N1CCc2cc(C(=O)O)ccc21. The maximum Gasteiger partial charge on any atom is 0.335 e. The van der Waals surface area contributed by atoms with Crippen LogP contribution in [0.5, 0.6) is 0 Å². The lowest BCUT2D eigenvalue weighted by molar-refractivity contribution is -0.113. The Labute approximate surface area is 92.5 Å². The molecule has 2 rings (SSSR count). The number of carbonyl (C=O) groups is 2. The van der Waals surface area contributed by atoms with Gasteiger partial charge in [-0.15, -0.1) is 6.42 Å². The van der Waals surface area contributed by atoms with Crippen LogP contribution >= 0.6 is 0 Å². The summed E-state index contributed by atoms with van der Waals surface area (Å²) >= 11 is 0. The first-order valence-corrected chi connectivity index (χ1v) is 4.78. The van der Waals surface area contributed by atoms with E-state index < -0.39 is 5.97 Å². The summed E-state index contributed by atoms with van der Waals surface area (Å²) in [5.74, 6) is 0.701. The topological polar surface area (TPSA) is 57.6 Å². The van der Waals surface area contributed by atoms with Crippen LogP contribution in [0.3, 0.4) is 0 Å². The lowest BCUT2D eigenvalue weighted by Gasteiger charge is -2.13. The minimum atomic E-state index is -0.968. The van der Waals surface area contributed by atoms with Crippen LogP contribution in [-0.2, 0) is 11.2 Å². The Balaban J connectivity index is 2.40. The maximum absolute atomic E-state index is 11.4. The smallest absolute Gasteiger partial charge is 0.335 e. The summed E-state index contributed by atoms with van der Waals surface area (Å²) in [4.78, 5) is 23.6. The van der Waals surface area contributed by atoms with Crippen molar-refractivity contribution in [1.82, 2.24) is 0 Å². The predicted molar refractivity (Wildman–Crippen MR) is 58.3 cm³/mol. The van der Waals surface area contributed by atoms with Crippen molar-refractivity contribution >= 4 is 17.6 Å². The standard InChI is InChI=1S/C12H9NO3/c1-2-11(14)13-6-5-8-7-9(12(15)16)3-4-10(8)13/h1,3-4,7H,5-6H2,(H,15,16). The fraction of sp³-hybridized carbons (Fsp3) is 0.167. The predicted octanol–water partition coefficient (Wildman–Crippen LogP) is 0.907. The molecule has 4 heteroatoms. The molecule has 0 aliphatic carbocycles. The Morgan fingerprint density at radius 3 is 2.81 bits per heavy atom. The first kappa shape index (κ1) is 10.2. The molecule has 1 heterocycles. The van der Waals surface area contributed by atoms with Crippen LogP contribution in [0.25, 0.3) is 0 Å². The summed E-state index contributed by atoms with van der Waals surface area (Å²) in [7, 11) is 0. The molecule has 0 bridgehead atoms. The number of amides is 1. The number of anilines is 1. The molecule has 0 unspecified atom stereocenters. The van der Waals surface area contributed by atoms with Crippen molar-refractivity contribution < 1.29 is 14.7 Å².